The lowest BCUT2D eigenvalue weighted by atomic mass is 10.00. The molecule has 2 fully saturated rings. The summed E-state index contributed by atoms with van der Waals surface area (Å²) >= 11 is 0. The number of anilines is 1. The molecule has 14 heteroatoms. The third kappa shape index (κ3) is 5.47. The molecule has 40 heavy (non-hydrogen) atoms. The van der Waals surface area contributed by atoms with E-state index in [1.54, 1.807) is 19.1 Å². The second-order valence-corrected chi connectivity index (χ2v) is 12.2. The van der Waals surface area contributed by atoms with Crippen LogP contribution in [0.4, 0.5) is 14.7 Å². The zero-order valence-corrected chi connectivity index (χ0v) is 22.9. The number of pyridine rings is 1. The predicted octanol–water partition coefficient (Wildman–Crippen LogP) is 3.14. The number of halogens is 2. The third-order valence-corrected chi connectivity index (χ3v) is 9.54. The van der Waals surface area contributed by atoms with Crippen LogP contribution in [-0.4, -0.2) is 70.8 Å². The smallest absolute Gasteiger partial charge is 0.387 e. The van der Waals surface area contributed by atoms with Gasteiger partial charge in [0.05, 0.1) is 23.6 Å². The highest BCUT2D eigenvalue weighted by atomic mass is 32.2. The van der Waals surface area contributed by atoms with Crippen molar-refractivity contribution in [1.29, 1.82) is 0 Å². The van der Waals surface area contributed by atoms with E-state index >= 15 is 0 Å². The van der Waals surface area contributed by atoms with E-state index in [-0.39, 0.29) is 35.6 Å². The number of nitrogens with one attached hydrogen (secondary N) is 1. The zero-order valence-electron chi connectivity index (χ0n) is 22.1. The summed E-state index contributed by atoms with van der Waals surface area (Å²) in [4.78, 5) is 22.2. The van der Waals surface area contributed by atoms with Crippen LogP contribution in [0.15, 0.2) is 46.2 Å². The van der Waals surface area contributed by atoms with E-state index in [1.807, 2.05) is 0 Å². The van der Waals surface area contributed by atoms with E-state index in [9.17, 15) is 27.1 Å². The van der Waals surface area contributed by atoms with Crippen LogP contribution in [0.2, 0.25) is 0 Å². The summed E-state index contributed by atoms with van der Waals surface area (Å²) in [6.45, 7) is -1.02. The molecule has 0 spiro atoms. The highest BCUT2D eigenvalue weighted by molar-refractivity contribution is 7.89. The average molecular weight is 580 g/mol. The number of nitrogens with zero attached hydrogens (tertiary/aromatic N) is 4. The first kappa shape index (κ1) is 28.2. The SMILES string of the molecule is COc1ccc(S(=O)(=O)N2CCC(Nc3ncc4cc(OC(F)F)c(=O)n([C@@H]5CCC[C@@]5(C)O)c4n3)CC2)cc1. The average Bonchev–Trinajstić information content (AvgIpc) is 3.27. The summed E-state index contributed by atoms with van der Waals surface area (Å²) in [6, 6.07) is 6.59. The van der Waals surface area contributed by atoms with Gasteiger partial charge in [-0.1, -0.05) is 0 Å². The van der Waals surface area contributed by atoms with Crippen molar-refractivity contribution in [2.24, 2.45) is 0 Å². The largest absolute Gasteiger partial charge is 0.497 e. The van der Waals surface area contributed by atoms with Gasteiger partial charge in [-0.15, -0.1) is 0 Å². The van der Waals surface area contributed by atoms with E-state index < -0.39 is 39.6 Å². The van der Waals surface area contributed by atoms with Gasteiger partial charge in [0.25, 0.3) is 5.56 Å². The molecular formula is C26H31F2N5O6S. The fourth-order valence-corrected chi connectivity index (χ4v) is 6.96. The molecule has 1 aliphatic heterocycles. The van der Waals surface area contributed by atoms with Crippen molar-refractivity contribution >= 4 is 27.0 Å². The minimum absolute atomic E-state index is 0.143. The van der Waals surface area contributed by atoms with E-state index in [0.29, 0.717) is 43.2 Å². The fourth-order valence-electron chi connectivity index (χ4n) is 5.49. The minimum atomic E-state index is -3.66. The standard InChI is InChI=1S/C26H31F2N5O6S/c1-26(35)11-3-4-21(26)33-22-16(14-20(23(33)34)39-24(27)28)15-29-25(31-22)30-17-9-12-32(13-10-17)40(36,37)19-7-5-18(38-2)6-8-19/h5-8,14-15,17,21,24,35H,3-4,9-13H2,1-2H3,(H,29,30,31)/t21-,26-/m1/s1. The topological polar surface area (TPSA) is 136 Å². The Morgan fingerprint density at radius 2 is 1.88 bits per heavy atom. The predicted molar refractivity (Wildman–Crippen MR) is 142 cm³/mol. The highest BCUT2D eigenvalue weighted by Crippen LogP contribution is 2.40. The molecule has 2 N–H and O–H groups in total. The molecule has 216 valence electrons. The van der Waals surface area contributed by atoms with Gasteiger partial charge in [0.2, 0.25) is 16.0 Å². The Morgan fingerprint density at radius 3 is 2.48 bits per heavy atom. The number of aliphatic hydroxyl groups is 1. The third-order valence-electron chi connectivity index (χ3n) is 7.63. The Bertz CT molecular complexity index is 1540. The Labute approximate surface area is 229 Å². The van der Waals surface area contributed by atoms with Crippen molar-refractivity contribution in [2.75, 3.05) is 25.5 Å². The lowest BCUT2D eigenvalue weighted by Crippen LogP contribution is -2.42. The summed E-state index contributed by atoms with van der Waals surface area (Å²) in [6.07, 6.45) is 3.95. The molecular weight excluding hydrogens is 548 g/mol. The molecule has 1 aromatic carbocycles. The van der Waals surface area contributed by atoms with Crippen LogP contribution in [0.25, 0.3) is 11.0 Å². The molecule has 3 heterocycles. The fraction of sp³-hybridized carbons (Fsp3) is 0.500. The number of piperidine rings is 1. The summed E-state index contributed by atoms with van der Waals surface area (Å²) < 4.78 is 64.4. The molecule has 3 aromatic rings. The van der Waals surface area contributed by atoms with Gasteiger partial charge in [-0.25, -0.2) is 13.4 Å². The maximum atomic E-state index is 13.2. The number of sulfonamides is 1. The van der Waals surface area contributed by atoms with Crippen molar-refractivity contribution in [3.8, 4) is 11.5 Å². The second kappa shape index (κ2) is 10.9. The quantitative estimate of drug-likeness (QED) is 0.413. The molecule has 5 rings (SSSR count). The first-order valence-corrected chi connectivity index (χ1v) is 14.4. The number of benzene rings is 1. The molecule has 1 saturated heterocycles. The van der Waals surface area contributed by atoms with E-state index in [4.69, 9.17) is 4.74 Å². The van der Waals surface area contributed by atoms with E-state index in [1.165, 1.54) is 40.4 Å². The number of fused-ring (bicyclic) bond motifs is 1. The van der Waals surface area contributed by atoms with E-state index in [0.717, 1.165) is 0 Å². The van der Waals surface area contributed by atoms with Gasteiger partial charge in [-0.2, -0.15) is 18.1 Å². The monoisotopic (exact) mass is 579 g/mol. The molecule has 2 aromatic heterocycles. The molecule has 1 aliphatic carbocycles. The minimum Gasteiger partial charge on any atom is -0.497 e. The Kier molecular flexibility index (Phi) is 7.68. The van der Waals surface area contributed by atoms with Gasteiger partial charge in [-0.05, 0) is 69.4 Å². The summed E-state index contributed by atoms with van der Waals surface area (Å²) in [5.74, 6) is 0.231. The highest BCUT2D eigenvalue weighted by Gasteiger charge is 2.40. The number of hydrogen-bond donors (Lipinski definition) is 2. The van der Waals surface area contributed by atoms with Gasteiger partial charge in [0.1, 0.15) is 11.4 Å². The van der Waals surface area contributed by atoms with Crippen molar-refractivity contribution in [1.82, 2.24) is 18.8 Å². The number of methoxy groups -OCH3 is 1. The van der Waals surface area contributed by atoms with Gasteiger partial charge >= 0.3 is 6.61 Å². The number of hydrogen-bond acceptors (Lipinski definition) is 9. The number of aromatic nitrogens is 3. The number of ether oxygens (including phenoxy) is 2. The lowest BCUT2D eigenvalue weighted by molar-refractivity contribution is -0.0513. The number of rotatable bonds is 8. The van der Waals surface area contributed by atoms with Crippen LogP contribution in [0.1, 0.15) is 45.1 Å². The maximum Gasteiger partial charge on any atom is 0.387 e. The van der Waals surface area contributed by atoms with Gasteiger partial charge in [0, 0.05) is 30.7 Å². The van der Waals surface area contributed by atoms with Crippen LogP contribution in [0, 0.1) is 0 Å². The molecule has 0 bridgehead atoms. The summed E-state index contributed by atoms with van der Waals surface area (Å²) in [7, 11) is -2.15. The zero-order chi connectivity index (χ0) is 28.7. The van der Waals surface area contributed by atoms with Crippen LogP contribution in [0.3, 0.4) is 0 Å². The van der Waals surface area contributed by atoms with Crippen molar-refractivity contribution < 1.29 is 31.8 Å². The van der Waals surface area contributed by atoms with Crippen molar-refractivity contribution in [3.63, 3.8) is 0 Å². The normalized spacial score (nSPS) is 22.6. The molecule has 2 atom stereocenters. The van der Waals surface area contributed by atoms with Gasteiger partial charge in [-0.3, -0.25) is 9.36 Å². The van der Waals surface area contributed by atoms with Crippen LogP contribution < -0.4 is 20.3 Å². The molecule has 1 saturated carbocycles. The van der Waals surface area contributed by atoms with E-state index in [2.05, 4.69) is 20.0 Å². The van der Waals surface area contributed by atoms with Crippen molar-refractivity contribution in [3.05, 3.63) is 46.9 Å². The molecule has 2 aliphatic rings. The van der Waals surface area contributed by atoms with Crippen LogP contribution in [0.5, 0.6) is 11.5 Å². The summed E-state index contributed by atoms with van der Waals surface area (Å²) in [5.41, 5.74) is -1.85. The molecule has 0 radical (unpaired) electrons. The number of alkyl halides is 2. The van der Waals surface area contributed by atoms with Gasteiger partial charge in [0.15, 0.2) is 5.75 Å². The van der Waals surface area contributed by atoms with Crippen LogP contribution in [-0.2, 0) is 10.0 Å². The molecule has 11 nitrogen and oxygen atoms in total. The first-order chi connectivity index (χ1) is 19.0. The second-order valence-electron chi connectivity index (χ2n) is 10.3. The molecule has 0 amide bonds. The summed E-state index contributed by atoms with van der Waals surface area (Å²) in [5, 5.41) is 14.5. The van der Waals surface area contributed by atoms with Crippen LogP contribution >= 0.6 is 0 Å². The van der Waals surface area contributed by atoms with Gasteiger partial charge < -0.3 is 19.9 Å². The Morgan fingerprint density at radius 1 is 1.18 bits per heavy atom. The molecule has 0 unspecified atom stereocenters. The maximum absolute atomic E-state index is 13.2. The van der Waals surface area contributed by atoms with Crippen molar-refractivity contribution in [2.45, 2.75) is 68.2 Å². The lowest BCUT2D eigenvalue weighted by Gasteiger charge is -2.32. The first-order valence-electron chi connectivity index (χ1n) is 13.0. The Hall–Kier alpha value is -3.36. The Balaban J connectivity index is 1.37.